The molecule has 2 N–H and O–H groups in total. The Morgan fingerprint density at radius 3 is 2.56 bits per heavy atom. The molecule has 0 aliphatic carbocycles. The number of anilines is 1. The fraction of sp³-hybridized carbons (Fsp3) is 0.667. The lowest BCUT2D eigenvalue weighted by Crippen LogP contribution is -2.50. The average molecular weight is 445 g/mol. The number of ether oxygens (including phenoxy) is 1. The number of piperazine rings is 1. The predicted octanol–water partition coefficient (Wildman–Crippen LogP) is 2.29. The average Bonchev–Trinajstić information content (AvgIpc) is 2.82. The molecule has 0 unspecified atom stereocenters. The van der Waals surface area contributed by atoms with Crippen molar-refractivity contribution in [2.24, 2.45) is 4.99 Å². The Labute approximate surface area is 193 Å². The molecule has 0 bridgehead atoms. The number of aliphatic imine (C=N–C) groups is 1. The third-order valence-electron chi connectivity index (χ3n) is 6.27. The van der Waals surface area contributed by atoms with Gasteiger partial charge in [-0.25, -0.2) is 4.79 Å². The van der Waals surface area contributed by atoms with Crippen LogP contribution < -0.4 is 15.5 Å². The molecule has 8 heteroatoms. The number of rotatable bonds is 7. The van der Waals surface area contributed by atoms with E-state index < -0.39 is 0 Å². The van der Waals surface area contributed by atoms with E-state index >= 15 is 0 Å². The van der Waals surface area contributed by atoms with Crippen LogP contribution >= 0.6 is 0 Å². The Morgan fingerprint density at radius 1 is 1.16 bits per heavy atom. The minimum Gasteiger partial charge on any atom is -0.450 e. The number of benzene rings is 1. The summed E-state index contributed by atoms with van der Waals surface area (Å²) in [6, 6.07) is 9.13. The van der Waals surface area contributed by atoms with Crippen LogP contribution in [0.3, 0.4) is 0 Å². The standard InChI is InChI=1S/C24H40N6O2/c1-4-32-24(31)30-13-9-21(10-14-30)27-23(25-3)26-11-6-12-28-15-17-29(18-16-28)22-8-5-7-20(2)19-22/h5,7-8,19,21H,4,6,9-18H2,1-3H3,(H2,25,26,27). The van der Waals surface area contributed by atoms with Gasteiger partial charge in [-0.05, 0) is 57.4 Å². The molecule has 1 aromatic carbocycles. The first-order valence-corrected chi connectivity index (χ1v) is 12.0. The molecule has 0 saturated carbocycles. The summed E-state index contributed by atoms with van der Waals surface area (Å²) in [7, 11) is 1.81. The van der Waals surface area contributed by atoms with Crippen LogP contribution in [0.25, 0.3) is 0 Å². The molecule has 2 saturated heterocycles. The van der Waals surface area contributed by atoms with Gasteiger partial charge in [-0.15, -0.1) is 0 Å². The van der Waals surface area contributed by atoms with Crippen molar-refractivity contribution in [3.8, 4) is 0 Å². The SMILES string of the molecule is CCOC(=O)N1CCC(NC(=NC)NCCCN2CCN(c3cccc(C)c3)CC2)CC1. The summed E-state index contributed by atoms with van der Waals surface area (Å²) < 4.78 is 5.09. The van der Waals surface area contributed by atoms with E-state index in [4.69, 9.17) is 4.74 Å². The summed E-state index contributed by atoms with van der Waals surface area (Å²) in [5.41, 5.74) is 2.66. The highest BCUT2D eigenvalue weighted by molar-refractivity contribution is 5.80. The van der Waals surface area contributed by atoms with Gasteiger partial charge in [-0.3, -0.25) is 9.89 Å². The van der Waals surface area contributed by atoms with Crippen molar-refractivity contribution < 1.29 is 9.53 Å². The van der Waals surface area contributed by atoms with Gasteiger partial charge in [0.25, 0.3) is 0 Å². The maximum absolute atomic E-state index is 11.8. The number of carbonyl (C=O) groups is 1. The van der Waals surface area contributed by atoms with Crippen molar-refractivity contribution in [1.82, 2.24) is 20.4 Å². The number of hydrogen-bond acceptors (Lipinski definition) is 5. The molecular formula is C24H40N6O2. The molecule has 0 radical (unpaired) electrons. The zero-order chi connectivity index (χ0) is 22.8. The van der Waals surface area contributed by atoms with Crippen LogP contribution in [0.15, 0.2) is 29.3 Å². The minimum atomic E-state index is -0.201. The van der Waals surface area contributed by atoms with Crippen molar-refractivity contribution in [2.75, 3.05) is 70.9 Å². The van der Waals surface area contributed by atoms with Gasteiger partial charge in [0.2, 0.25) is 0 Å². The van der Waals surface area contributed by atoms with E-state index in [1.807, 2.05) is 14.0 Å². The topological polar surface area (TPSA) is 72.4 Å². The summed E-state index contributed by atoms with van der Waals surface area (Å²) >= 11 is 0. The molecule has 0 aromatic heterocycles. The van der Waals surface area contributed by atoms with Gasteiger partial charge in [0.15, 0.2) is 5.96 Å². The fourth-order valence-electron chi connectivity index (χ4n) is 4.37. The summed E-state index contributed by atoms with van der Waals surface area (Å²) in [6.45, 7) is 12.3. The van der Waals surface area contributed by atoms with E-state index in [1.54, 1.807) is 4.90 Å². The fourth-order valence-corrected chi connectivity index (χ4v) is 4.37. The zero-order valence-corrected chi connectivity index (χ0v) is 20.0. The van der Waals surface area contributed by atoms with Gasteiger partial charge in [-0.1, -0.05) is 12.1 Å². The van der Waals surface area contributed by atoms with Crippen molar-refractivity contribution in [1.29, 1.82) is 0 Å². The molecule has 0 atom stereocenters. The number of hydrogen-bond donors (Lipinski definition) is 2. The minimum absolute atomic E-state index is 0.201. The first-order valence-electron chi connectivity index (χ1n) is 12.0. The number of amides is 1. The summed E-state index contributed by atoms with van der Waals surface area (Å²) in [5, 5.41) is 6.95. The first-order chi connectivity index (χ1) is 15.6. The lowest BCUT2D eigenvalue weighted by Gasteiger charge is -2.36. The van der Waals surface area contributed by atoms with E-state index in [2.05, 4.69) is 56.6 Å². The van der Waals surface area contributed by atoms with Crippen molar-refractivity contribution in [3.63, 3.8) is 0 Å². The highest BCUT2D eigenvalue weighted by Crippen LogP contribution is 2.17. The molecule has 2 aliphatic rings. The number of aryl methyl sites for hydroxylation is 1. The monoisotopic (exact) mass is 444 g/mol. The second kappa shape index (κ2) is 12.5. The van der Waals surface area contributed by atoms with Gasteiger partial charge in [-0.2, -0.15) is 0 Å². The number of guanidine groups is 1. The highest BCUT2D eigenvalue weighted by atomic mass is 16.6. The molecule has 0 spiro atoms. The summed E-state index contributed by atoms with van der Waals surface area (Å²) in [6.07, 6.45) is 2.70. The number of carbonyl (C=O) groups excluding carboxylic acids is 1. The Balaban J connectivity index is 1.29. The second-order valence-electron chi connectivity index (χ2n) is 8.62. The van der Waals surface area contributed by atoms with Gasteiger partial charge in [0.05, 0.1) is 6.61 Å². The third-order valence-corrected chi connectivity index (χ3v) is 6.27. The van der Waals surface area contributed by atoms with E-state index in [0.29, 0.717) is 12.6 Å². The molecule has 3 rings (SSSR count). The molecular weight excluding hydrogens is 404 g/mol. The van der Waals surface area contributed by atoms with Crippen molar-refractivity contribution >= 4 is 17.7 Å². The molecule has 1 aromatic rings. The third kappa shape index (κ3) is 7.29. The van der Waals surface area contributed by atoms with Crippen LogP contribution in [0.4, 0.5) is 10.5 Å². The van der Waals surface area contributed by atoms with Gasteiger partial charge < -0.3 is 25.2 Å². The van der Waals surface area contributed by atoms with E-state index in [-0.39, 0.29) is 6.09 Å². The first kappa shape index (κ1) is 24.2. The van der Waals surface area contributed by atoms with Crippen LogP contribution in [0.2, 0.25) is 0 Å². The zero-order valence-electron chi connectivity index (χ0n) is 20.0. The number of piperidine rings is 1. The molecule has 178 valence electrons. The largest absolute Gasteiger partial charge is 0.450 e. The van der Waals surface area contributed by atoms with Crippen LogP contribution in [-0.4, -0.2) is 93.9 Å². The smallest absolute Gasteiger partial charge is 0.409 e. The van der Waals surface area contributed by atoms with Gasteiger partial charge >= 0.3 is 6.09 Å². The lowest BCUT2D eigenvalue weighted by atomic mass is 10.1. The molecule has 8 nitrogen and oxygen atoms in total. The highest BCUT2D eigenvalue weighted by Gasteiger charge is 2.24. The van der Waals surface area contributed by atoms with Crippen LogP contribution in [0.5, 0.6) is 0 Å². The predicted molar refractivity (Wildman–Crippen MR) is 131 cm³/mol. The maximum atomic E-state index is 11.8. The van der Waals surface area contributed by atoms with E-state index in [9.17, 15) is 4.79 Å². The molecule has 1 amide bonds. The number of nitrogens with zero attached hydrogens (tertiary/aromatic N) is 4. The lowest BCUT2D eigenvalue weighted by molar-refractivity contribution is 0.0963. The normalized spacial score (nSPS) is 18.5. The Hall–Kier alpha value is -2.48. The number of nitrogens with one attached hydrogen (secondary N) is 2. The Kier molecular flexibility index (Phi) is 9.46. The van der Waals surface area contributed by atoms with Gasteiger partial charge in [0, 0.05) is 64.6 Å². The maximum Gasteiger partial charge on any atom is 0.409 e. The summed E-state index contributed by atoms with van der Waals surface area (Å²) in [5.74, 6) is 0.851. The second-order valence-corrected chi connectivity index (χ2v) is 8.62. The molecule has 2 aliphatic heterocycles. The van der Waals surface area contributed by atoms with Crippen LogP contribution in [-0.2, 0) is 4.74 Å². The Morgan fingerprint density at radius 2 is 1.91 bits per heavy atom. The van der Waals surface area contributed by atoms with Crippen molar-refractivity contribution in [3.05, 3.63) is 29.8 Å². The van der Waals surface area contributed by atoms with Gasteiger partial charge in [0.1, 0.15) is 0 Å². The number of likely N-dealkylation sites (tertiary alicyclic amines) is 1. The van der Waals surface area contributed by atoms with Crippen molar-refractivity contribution in [2.45, 2.75) is 39.2 Å². The van der Waals surface area contributed by atoms with Crippen LogP contribution in [0, 0.1) is 6.92 Å². The molecule has 2 fully saturated rings. The molecule has 2 heterocycles. The quantitative estimate of drug-likeness (QED) is 0.382. The summed E-state index contributed by atoms with van der Waals surface area (Å²) in [4.78, 5) is 23.0. The molecule has 32 heavy (non-hydrogen) atoms. The van der Waals surface area contributed by atoms with E-state index in [1.165, 1.54) is 11.3 Å². The van der Waals surface area contributed by atoms with E-state index in [0.717, 1.165) is 77.6 Å². The van der Waals surface area contributed by atoms with Crippen LogP contribution in [0.1, 0.15) is 31.7 Å². The Bertz CT molecular complexity index is 740.